The molecule has 0 bridgehead atoms. The van der Waals surface area contributed by atoms with Crippen LogP contribution in [0.15, 0.2) is 84.3 Å². The normalized spacial score (nSPS) is 13.6. The zero-order chi connectivity index (χ0) is 26.2. The van der Waals surface area contributed by atoms with Crippen LogP contribution in [0.4, 0.5) is 11.4 Å². The van der Waals surface area contributed by atoms with Gasteiger partial charge in [0.25, 0.3) is 0 Å². The van der Waals surface area contributed by atoms with Crippen LogP contribution in [0.25, 0.3) is 12.2 Å². The van der Waals surface area contributed by atoms with E-state index in [0.717, 1.165) is 6.07 Å². The van der Waals surface area contributed by atoms with Gasteiger partial charge in [0, 0.05) is 11.1 Å². The molecule has 0 saturated carbocycles. The Morgan fingerprint density at radius 2 is 1.06 bits per heavy atom. The van der Waals surface area contributed by atoms with Gasteiger partial charge in [0.1, 0.15) is 11.5 Å². The molecular weight excluding hydrogens is 468 g/mol. The maximum absolute atomic E-state index is 12.3. The van der Waals surface area contributed by atoms with Crippen LogP contribution >= 0.6 is 0 Å². The summed E-state index contributed by atoms with van der Waals surface area (Å²) in [6.45, 7) is 2.94. The molecule has 0 aliphatic carbocycles. The summed E-state index contributed by atoms with van der Waals surface area (Å²) >= 11 is 0. The van der Waals surface area contributed by atoms with Crippen molar-refractivity contribution in [1.29, 1.82) is 0 Å². The van der Waals surface area contributed by atoms with Gasteiger partial charge in [-0.05, 0) is 56.3 Å². The maximum atomic E-state index is 12.3. The molecule has 10 nitrogen and oxygen atoms in total. The molecule has 3 rings (SSSR count). The molecule has 0 aromatic heterocycles. The summed E-state index contributed by atoms with van der Waals surface area (Å²) < 4.78 is 10.6. The molecule has 0 saturated heterocycles. The van der Waals surface area contributed by atoms with Gasteiger partial charge in [0.2, 0.25) is 0 Å². The van der Waals surface area contributed by atoms with Crippen molar-refractivity contribution in [2.45, 2.75) is 13.8 Å². The van der Waals surface area contributed by atoms with Crippen molar-refractivity contribution in [1.82, 2.24) is 0 Å². The molecule has 3 aromatic rings. The average molecular weight is 492 g/mol. The highest BCUT2D eigenvalue weighted by atomic mass is 16.8. The number of quaternary nitrogens is 2. The van der Waals surface area contributed by atoms with Crippen LogP contribution in [-0.2, 0) is 9.47 Å². The second kappa shape index (κ2) is 12.0. The number of carbonyl (C=O) groups excluding carboxylic acids is 2. The molecule has 0 amide bonds. The Morgan fingerprint density at radius 1 is 0.694 bits per heavy atom. The van der Waals surface area contributed by atoms with Gasteiger partial charge >= 0.3 is 11.9 Å². The summed E-state index contributed by atoms with van der Waals surface area (Å²) in [5.74, 6) is -1.08. The van der Waals surface area contributed by atoms with Crippen molar-refractivity contribution in [3.63, 3.8) is 0 Å². The maximum Gasteiger partial charge on any atom is 0.343 e. The molecule has 0 aliphatic rings. The van der Waals surface area contributed by atoms with Gasteiger partial charge in [-0.3, -0.25) is 0 Å². The van der Waals surface area contributed by atoms with Crippen molar-refractivity contribution in [3.05, 3.63) is 117 Å². The quantitative estimate of drug-likeness (QED) is 0.213. The van der Waals surface area contributed by atoms with Gasteiger partial charge in [-0.2, -0.15) is 10.5 Å². The first-order valence-electron chi connectivity index (χ1n) is 10.7. The molecule has 0 radical (unpaired) electrons. The molecule has 3 aromatic carbocycles. The van der Waals surface area contributed by atoms with E-state index in [2.05, 4.69) is 0 Å². The Hall–Kier alpha value is -4.16. The lowest BCUT2D eigenvalue weighted by Crippen LogP contribution is -3.01. The monoisotopic (exact) mass is 492 g/mol. The minimum absolute atomic E-state index is 0.0941. The van der Waals surface area contributed by atoms with Crippen LogP contribution in [0, 0.1) is 10.4 Å². The SMILES string of the molecule is CC(=Cc1cc(C=C(C)OC(=O)c2ccccc2)c([NH+]([O-])O)cc1[NH+]([O-])O)OC(=O)c1ccccc1. The highest BCUT2D eigenvalue weighted by Gasteiger charge is 2.19. The lowest BCUT2D eigenvalue weighted by atomic mass is 10.0. The Bertz CT molecular complexity index is 1190. The predicted octanol–water partition coefficient (Wildman–Crippen LogP) is 2.93. The molecule has 36 heavy (non-hydrogen) atoms. The van der Waals surface area contributed by atoms with Crippen LogP contribution in [0.2, 0.25) is 0 Å². The van der Waals surface area contributed by atoms with E-state index in [1.165, 1.54) is 32.1 Å². The zero-order valence-corrected chi connectivity index (χ0v) is 19.4. The van der Waals surface area contributed by atoms with Crippen LogP contribution in [0.3, 0.4) is 0 Å². The second-order valence-electron chi connectivity index (χ2n) is 7.66. The van der Waals surface area contributed by atoms with Gasteiger partial charge in [-0.1, -0.05) is 36.4 Å². The predicted molar refractivity (Wildman–Crippen MR) is 129 cm³/mol. The lowest BCUT2D eigenvalue weighted by molar-refractivity contribution is -0.996. The largest absolute Gasteiger partial charge is 0.595 e. The molecule has 2 atom stereocenters. The van der Waals surface area contributed by atoms with E-state index in [4.69, 9.17) is 9.47 Å². The standard InChI is InChI=1S/C26H24N2O8/c1-17(35-25(29)19-9-5-3-6-10-19)13-21-15-22(24(28(33)34)16-23(21)27(31)32)14-18(2)36-26(30)20-11-7-4-8-12-20/h3-16,27-28,31,33H,1-2H3. The molecule has 0 aliphatic heterocycles. The van der Waals surface area contributed by atoms with E-state index >= 15 is 0 Å². The van der Waals surface area contributed by atoms with Crippen LogP contribution < -0.4 is 10.5 Å². The third kappa shape index (κ3) is 6.93. The number of carbonyl (C=O) groups is 2. The van der Waals surface area contributed by atoms with E-state index in [-0.39, 0.29) is 34.0 Å². The highest BCUT2D eigenvalue weighted by molar-refractivity contribution is 5.91. The Labute approximate surface area is 206 Å². The molecule has 0 fully saturated rings. The summed E-state index contributed by atoms with van der Waals surface area (Å²) in [6.07, 6.45) is 2.64. The van der Waals surface area contributed by atoms with Crippen LogP contribution in [-0.4, -0.2) is 22.4 Å². The van der Waals surface area contributed by atoms with E-state index in [1.807, 2.05) is 0 Å². The van der Waals surface area contributed by atoms with Crippen molar-refractivity contribution in [3.8, 4) is 0 Å². The van der Waals surface area contributed by atoms with E-state index in [9.17, 15) is 30.4 Å². The van der Waals surface area contributed by atoms with Gasteiger partial charge in [0.05, 0.1) is 17.2 Å². The molecular formula is C26H24N2O8. The number of nitrogens with one attached hydrogen (secondary N) is 2. The summed E-state index contributed by atoms with van der Waals surface area (Å²) in [7, 11) is 0. The van der Waals surface area contributed by atoms with Crippen LogP contribution in [0.1, 0.15) is 45.7 Å². The summed E-state index contributed by atoms with van der Waals surface area (Å²) in [5, 5.41) is 40.2. The van der Waals surface area contributed by atoms with Gasteiger partial charge in [0.15, 0.2) is 11.4 Å². The Kier molecular flexibility index (Phi) is 8.81. The minimum atomic E-state index is -1.37. The smallest absolute Gasteiger partial charge is 0.343 e. The number of allylic oxidation sites excluding steroid dienone is 2. The summed E-state index contributed by atoms with van der Waals surface area (Å²) in [4.78, 5) is 24.6. The third-order valence-electron chi connectivity index (χ3n) is 4.93. The summed E-state index contributed by atoms with van der Waals surface area (Å²) in [5.41, 5.74) is 0.199. The molecule has 2 unspecified atom stereocenters. The first-order chi connectivity index (χ1) is 17.2. The van der Waals surface area contributed by atoms with Crippen LogP contribution in [0.5, 0.6) is 0 Å². The number of hydrogen-bond donors (Lipinski definition) is 4. The van der Waals surface area contributed by atoms with E-state index in [1.54, 1.807) is 60.7 Å². The zero-order valence-electron chi connectivity index (χ0n) is 19.4. The fourth-order valence-corrected chi connectivity index (χ4v) is 3.30. The summed E-state index contributed by atoms with van der Waals surface area (Å²) in [6, 6.07) is 18.8. The van der Waals surface area contributed by atoms with Gasteiger partial charge in [-0.25, -0.2) is 20.0 Å². The molecule has 0 heterocycles. The first-order valence-corrected chi connectivity index (χ1v) is 10.7. The van der Waals surface area contributed by atoms with Crippen molar-refractivity contribution < 1.29 is 39.9 Å². The van der Waals surface area contributed by atoms with Gasteiger partial charge < -0.3 is 19.9 Å². The van der Waals surface area contributed by atoms with Gasteiger partial charge in [-0.15, -0.1) is 0 Å². The number of esters is 2. The molecule has 10 heteroatoms. The minimum Gasteiger partial charge on any atom is -0.595 e. The Morgan fingerprint density at radius 3 is 1.39 bits per heavy atom. The number of hydrogen-bond acceptors (Lipinski definition) is 8. The highest BCUT2D eigenvalue weighted by Crippen LogP contribution is 2.26. The number of rotatable bonds is 8. The van der Waals surface area contributed by atoms with Crippen molar-refractivity contribution in [2.24, 2.45) is 0 Å². The molecule has 0 spiro atoms. The van der Waals surface area contributed by atoms with E-state index < -0.39 is 22.4 Å². The fourth-order valence-electron chi connectivity index (χ4n) is 3.30. The topological polar surface area (TPSA) is 148 Å². The molecule has 186 valence electrons. The Balaban J connectivity index is 1.96. The second-order valence-corrected chi connectivity index (χ2v) is 7.66. The first kappa shape index (κ1) is 26.4. The third-order valence-corrected chi connectivity index (χ3v) is 4.93. The fraction of sp³-hybridized carbons (Fsp3) is 0.0769. The lowest BCUT2D eigenvalue weighted by Gasteiger charge is -2.20. The number of ether oxygens (including phenoxy) is 2. The average Bonchev–Trinajstić information content (AvgIpc) is 2.84. The van der Waals surface area contributed by atoms with Crippen molar-refractivity contribution in [2.75, 3.05) is 0 Å². The van der Waals surface area contributed by atoms with Crippen molar-refractivity contribution >= 4 is 35.5 Å². The number of benzene rings is 3. The van der Waals surface area contributed by atoms with E-state index in [0.29, 0.717) is 11.1 Å². The molecule has 4 N–H and O–H groups in total.